The van der Waals surface area contributed by atoms with Crippen molar-refractivity contribution in [2.24, 2.45) is 5.92 Å². The van der Waals surface area contributed by atoms with Gasteiger partial charge in [-0.2, -0.15) is 17.2 Å². The molecule has 0 aliphatic rings. The van der Waals surface area contributed by atoms with Crippen LogP contribution in [0.15, 0.2) is 0 Å². The molecule has 0 radical (unpaired) electrons. The van der Waals surface area contributed by atoms with Gasteiger partial charge in [-0.1, -0.05) is 13.8 Å². The molecule has 12 heteroatoms. The highest BCUT2D eigenvalue weighted by Crippen LogP contribution is 2.20. The van der Waals surface area contributed by atoms with Gasteiger partial charge in [0.05, 0.1) is 18.8 Å². The van der Waals surface area contributed by atoms with E-state index in [2.05, 4.69) is 9.47 Å². The molecule has 0 aliphatic carbocycles. The maximum absolute atomic E-state index is 12.8. The molecule has 0 bridgehead atoms. The van der Waals surface area contributed by atoms with Gasteiger partial charge in [-0.25, -0.2) is 0 Å². The van der Waals surface area contributed by atoms with E-state index in [1.165, 1.54) is 0 Å². The van der Waals surface area contributed by atoms with E-state index in [4.69, 9.17) is 9.29 Å². The Kier molecular flexibility index (Phi) is 9.49. The second-order valence-electron chi connectivity index (χ2n) is 4.97. The Labute approximate surface area is 143 Å². The van der Waals surface area contributed by atoms with Crippen molar-refractivity contribution < 1.29 is 50.3 Å². The van der Waals surface area contributed by atoms with Crippen molar-refractivity contribution in [2.45, 2.75) is 38.4 Å². The number of ether oxygens (including phenoxy) is 3. The number of alkyl halides is 2. The van der Waals surface area contributed by atoms with Crippen LogP contribution < -0.4 is 0 Å². The smallest absolute Gasteiger partial charge is 0.402 e. The predicted molar refractivity (Wildman–Crippen MR) is 78.1 cm³/mol. The molecule has 1 atom stereocenters. The Morgan fingerprint density at radius 2 is 1.52 bits per heavy atom. The van der Waals surface area contributed by atoms with Crippen molar-refractivity contribution >= 4 is 28.0 Å². The molecule has 0 spiro atoms. The number of esters is 3. The van der Waals surface area contributed by atoms with E-state index >= 15 is 0 Å². The van der Waals surface area contributed by atoms with E-state index in [0.29, 0.717) is 6.42 Å². The van der Waals surface area contributed by atoms with Crippen LogP contribution in [-0.2, 0) is 38.7 Å². The molecule has 0 aromatic carbocycles. The fourth-order valence-electron chi connectivity index (χ4n) is 1.19. The molecule has 25 heavy (non-hydrogen) atoms. The summed E-state index contributed by atoms with van der Waals surface area (Å²) >= 11 is 0. The van der Waals surface area contributed by atoms with Gasteiger partial charge in [0.15, 0.2) is 6.61 Å². The standard InChI is InChI=1S/C13H20F2O9S/c1-3-9(2)12(18)23-7-6-22-10(16)4-5-11(17)24-8-13(14,15)25(19,20)21/h9H,3-8H2,1-2H3,(H,19,20,21). The van der Waals surface area contributed by atoms with E-state index in [0.717, 1.165) is 0 Å². The fraction of sp³-hybridized carbons (Fsp3) is 0.769. The zero-order valence-corrected chi connectivity index (χ0v) is 14.5. The first-order valence-corrected chi connectivity index (χ1v) is 8.67. The van der Waals surface area contributed by atoms with E-state index in [-0.39, 0.29) is 19.1 Å². The van der Waals surface area contributed by atoms with Gasteiger partial charge < -0.3 is 14.2 Å². The predicted octanol–water partition coefficient (Wildman–Crippen LogP) is 0.923. The molecule has 0 aromatic heterocycles. The third-order valence-corrected chi connectivity index (χ3v) is 3.79. The number of carbonyl (C=O) groups is 3. The largest absolute Gasteiger partial charge is 0.462 e. The molecule has 0 aromatic rings. The maximum atomic E-state index is 12.8. The minimum absolute atomic E-state index is 0.167. The molecular formula is C13H20F2O9S. The summed E-state index contributed by atoms with van der Waals surface area (Å²) in [5.41, 5.74) is 0. The zero-order chi connectivity index (χ0) is 19.7. The molecule has 0 amide bonds. The second kappa shape index (κ2) is 10.2. The Balaban J connectivity index is 3.96. The first kappa shape index (κ1) is 23.2. The first-order valence-electron chi connectivity index (χ1n) is 7.23. The zero-order valence-electron chi connectivity index (χ0n) is 13.7. The number of carbonyl (C=O) groups excluding carboxylic acids is 3. The molecule has 146 valence electrons. The van der Waals surface area contributed by atoms with Crippen LogP contribution in [0.1, 0.15) is 33.1 Å². The van der Waals surface area contributed by atoms with Gasteiger partial charge in [-0.3, -0.25) is 18.9 Å². The SMILES string of the molecule is CCC(C)C(=O)OCCOC(=O)CCC(=O)OCC(F)(F)S(=O)(=O)O. The highest BCUT2D eigenvalue weighted by molar-refractivity contribution is 7.86. The van der Waals surface area contributed by atoms with E-state index in [9.17, 15) is 31.6 Å². The van der Waals surface area contributed by atoms with Crippen LogP contribution in [0.4, 0.5) is 8.78 Å². The molecule has 0 rings (SSSR count). The molecular weight excluding hydrogens is 370 g/mol. The second-order valence-corrected chi connectivity index (χ2v) is 6.52. The summed E-state index contributed by atoms with van der Waals surface area (Å²) in [6.07, 6.45) is -0.542. The molecule has 0 saturated carbocycles. The fourth-order valence-corrected chi connectivity index (χ4v) is 1.40. The number of rotatable bonds is 11. The summed E-state index contributed by atoms with van der Waals surface area (Å²) in [6.45, 7) is 1.20. The lowest BCUT2D eigenvalue weighted by atomic mass is 10.1. The van der Waals surface area contributed by atoms with Gasteiger partial charge in [-0.05, 0) is 6.42 Å². The average Bonchev–Trinajstić information content (AvgIpc) is 2.52. The van der Waals surface area contributed by atoms with Gasteiger partial charge in [0.1, 0.15) is 13.2 Å². The van der Waals surface area contributed by atoms with Crippen LogP contribution >= 0.6 is 0 Å². The van der Waals surface area contributed by atoms with Gasteiger partial charge in [0, 0.05) is 0 Å². The Morgan fingerprint density at radius 1 is 1.04 bits per heavy atom. The normalized spacial score (nSPS) is 13.0. The summed E-state index contributed by atoms with van der Waals surface area (Å²) in [7, 11) is -5.70. The van der Waals surface area contributed by atoms with Crippen molar-refractivity contribution in [1.82, 2.24) is 0 Å². The molecule has 0 aliphatic heterocycles. The van der Waals surface area contributed by atoms with Crippen LogP contribution in [0.5, 0.6) is 0 Å². The number of hydrogen-bond acceptors (Lipinski definition) is 8. The molecule has 9 nitrogen and oxygen atoms in total. The molecule has 0 heterocycles. The molecule has 0 fully saturated rings. The summed E-state index contributed by atoms with van der Waals surface area (Å²) in [4.78, 5) is 33.7. The third kappa shape index (κ3) is 9.29. The van der Waals surface area contributed by atoms with E-state index in [1.54, 1.807) is 13.8 Å². The first-order chi connectivity index (χ1) is 11.4. The van der Waals surface area contributed by atoms with Gasteiger partial charge in [-0.15, -0.1) is 0 Å². The molecule has 1 unspecified atom stereocenters. The van der Waals surface area contributed by atoms with Crippen LogP contribution in [0.2, 0.25) is 0 Å². The average molecular weight is 390 g/mol. The molecule has 1 N–H and O–H groups in total. The van der Waals surface area contributed by atoms with Crippen molar-refractivity contribution in [3.8, 4) is 0 Å². The highest BCUT2D eigenvalue weighted by atomic mass is 32.2. The lowest BCUT2D eigenvalue weighted by molar-refractivity contribution is -0.157. The van der Waals surface area contributed by atoms with Gasteiger partial charge in [0.2, 0.25) is 0 Å². The monoisotopic (exact) mass is 390 g/mol. The third-order valence-electron chi connectivity index (χ3n) is 2.92. The minimum Gasteiger partial charge on any atom is -0.462 e. The van der Waals surface area contributed by atoms with Gasteiger partial charge in [0.25, 0.3) is 0 Å². The quantitative estimate of drug-likeness (QED) is 0.237. The summed E-state index contributed by atoms with van der Waals surface area (Å²) in [5.74, 6) is -2.87. The van der Waals surface area contributed by atoms with Gasteiger partial charge >= 0.3 is 33.3 Å². The minimum atomic E-state index is -5.70. The lowest BCUT2D eigenvalue weighted by Crippen LogP contribution is -2.34. The van der Waals surface area contributed by atoms with Crippen LogP contribution in [-0.4, -0.2) is 56.0 Å². The number of hydrogen-bond donors (Lipinski definition) is 1. The Hall–Kier alpha value is -1.82. The van der Waals surface area contributed by atoms with Crippen molar-refractivity contribution in [3.63, 3.8) is 0 Å². The van der Waals surface area contributed by atoms with E-state index < -0.39 is 52.7 Å². The van der Waals surface area contributed by atoms with Crippen molar-refractivity contribution in [3.05, 3.63) is 0 Å². The van der Waals surface area contributed by atoms with Crippen molar-refractivity contribution in [2.75, 3.05) is 19.8 Å². The Morgan fingerprint density at radius 3 is 2.00 bits per heavy atom. The highest BCUT2D eigenvalue weighted by Gasteiger charge is 2.45. The van der Waals surface area contributed by atoms with Crippen LogP contribution in [0.3, 0.4) is 0 Å². The Bertz CT molecular complexity index is 574. The summed E-state index contributed by atoms with van der Waals surface area (Å²) in [5, 5.41) is -4.64. The van der Waals surface area contributed by atoms with Crippen LogP contribution in [0.25, 0.3) is 0 Å². The summed E-state index contributed by atoms with van der Waals surface area (Å²) < 4.78 is 67.8. The molecule has 0 saturated heterocycles. The summed E-state index contributed by atoms with van der Waals surface area (Å²) in [6, 6.07) is 0. The van der Waals surface area contributed by atoms with E-state index in [1.807, 2.05) is 0 Å². The van der Waals surface area contributed by atoms with Crippen molar-refractivity contribution in [1.29, 1.82) is 0 Å². The number of halogens is 2. The topological polar surface area (TPSA) is 133 Å². The lowest BCUT2D eigenvalue weighted by Gasteiger charge is -2.12. The maximum Gasteiger partial charge on any atom is 0.402 e. The van der Waals surface area contributed by atoms with Crippen LogP contribution in [0, 0.1) is 5.92 Å².